The Kier molecular flexibility index (Phi) is 4.47. The Morgan fingerprint density at radius 1 is 1.12 bits per heavy atom. The standard InChI is InChI=1S/C16H13F4N5/c1-10(15-14(19)5-21-7-23-15)16(20,6-25-9-22-8-24-25)12-3-2-11(17)4-13(12)18/h2-5,7-10H,6H2,1H3. The number of hydrogen-bond acceptors (Lipinski definition) is 4. The van der Waals surface area contributed by atoms with Crippen LogP contribution in [-0.4, -0.2) is 24.7 Å². The molecule has 0 saturated heterocycles. The first-order valence-electron chi connectivity index (χ1n) is 7.34. The third-order valence-electron chi connectivity index (χ3n) is 4.03. The van der Waals surface area contributed by atoms with Gasteiger partial charge in [-0.1, -0.05) is 6.92 Å². The highest BCUT2D eigenvalue weighted by Crippen LogP contribution is 2.43. The SMILES string of the molecule is CC(c1ncncc1F)C(F)(Cn1cncn1)c1ccc(F)cc1F. The molecule has 0 aliphatic carbocycles. The van der Waals surface area contributed by atoms with Crippen molar-refractivity contribution >= 4 is 0 Å². The predicted octanol–water partition coefficient (Wildman–Crippen LogP) is 3.15. The molecule has 25 heavy (non-hydrogen) atoms. The predicted molar refractivity (Wildman–Crippen MR) is 79.6 cm³/mol. The van der Waals surface area contributed by atoms with E-state index in [1.165, 1.54) is 19.6 Å². The van der Waals surface area contributed by atoms with Gasteiger partial charge in [-0.2, -0.15) is 5.10 Å². The van der Waals surface area contributed by atoms with E-state index in [0.717, 1.165) is 29.3 Å². The second-order valence-electron chi connectivity index (χ2n) is 5.56. The van der Waals surface area contributed by atoms with Crippen LogP contribution in [-0.2, 0) is 12.2 Å². The molecular weight excluding hydrogens is 338 g/mol. The van der Waals surface area contributed by atoms with Crippen LogP contribution >= 0.6 is 0 Å². The van der Waals surface area contributed by atoms with Crippen LogP contribution in [0, 0.1) is 17.5 Å². The van der Waals surface area contributed by atoms with E-state index >= 15 is 4.39 Å². The molecule has 1 aromatic carbocycles. The summed E-state index contributed by atoms with van der Waals surface area (Å²) in [5.41, 5.74) is -3.10. The zero-order valence-electron chi connectivity index (χ0n) is 13.1. The summed E-state index contributed by atoms with van der Waals surface area (Å²) < 4.78 is 58.8. The first kappa shape index (κ1) is 17.0. The summed E-state index contributed by atoms with van der Waals surface area (Å²) in [5.74, 6) is -3.95. The van der Waals surface area contributed by atoms with Crippen molar-refractivity contribution < 1.29 is 17.6 Å². The monoisotopic (exact) mass is 351 g/mol. The Morgan fingerprint density at radius 3 is 2.56 bits per heavy atom. The maximum absolute atomic E-state index is 16.1. The fraction of sp³-hybridized carbons (Fsp3) is 0.250. The largest absolute Gasteiger partial charge is 0.249 e. The molecule has 0 N–H and O–H groups in total. The van der Waals surface area contributed by atoms with Gasteiger partial charge in [0.2, 0.25) is 0 Å². The molecule has 3 rings (SSSR count). The van der Waals surface area contributed by atoms with Gasteiger partial charge in [-0.3, -0.25) is 0 Å². The highest BCUT2D eigenvalue weighted by atomic mass is 19.2. The summed E-state index contributed by atoms with van der Waals surface area (Å²) in [5, 5.41) is 3.81. The van der Waals surface area contributed by atoms with Crippen molar-refractivity contribution in [3.63, 3.8) is 0 Å². The summed E-state index contributed by atoms with van der Waals surface area (Å²) in [7, 11) is 0. The molecule has 0 aliphatic heterocycles. The van der Waals surface area contributed by atoms with Crippen molar-refractivity contribution in [2.45, 2.75) is 25.1 Å². The van der Waals surface area contributed by atoms with Gasteiger partial charge in [0.05, 0.1) is 18.4 Å². The molecule has 2 aromatic heterocycles. The molecule has 0 bridgehead atoms. The minimum absolute atomic E-state index is 0.221. The summed E-state index contributed by atoms with van der Waals surface area (Å²) in [4.78, 5) is 11.0. The van der Waals surface area contributed by atoms with Gasteiger partial charge >= 0.3 is 0 Å². The van der Waals surface area contributed by atoms with E-state index in [1.54, 1.807) is 0 Å². The Hall–Kier alpha value is -2.84. The maximum atomic E-state index is 16.1. The Bertz CT molecular complexity index is 871. The molecule has 2 unspecified atom stereocenters. The van der Waals surface area contributed by atoms with E-state index in [1.807, 2.05) is 0 Å². The van der Waals surface area contributed by atoms with Gasteiger partial charge in [-0.25, -0.2) is 37.2 Å². The zero-order valence-corrected chi connectivity index (χ0v) is 13.1. The summed E-state index contributed by atoms with van der Waals surface area (Å²) in [6.07, 6.45) is 4.41. The van der Waals surface area contributed by atoms with E-state index in [4.69, 9.17) is 0 Å². The van der Waals surface area contributed by atoms with Crippen molar-refractivity contribution in [3.05, 3.63) is 72.1 Å². The molecular formula is C16H13F4N5. The summed E-state index contributed by atoms with van der Waals surface area (Å²) >= 11 is 0. The van der Waals surface area contributed by atoms with Gasteiger partial charge in [0.15, 0.2) is 11.5 Å². The fourth-order valence-corrected chi connectivity index (χ4v) is 2.69. The lowest BCUT2D eigenvalue weighted by atomic mass is 9.81. The van der Waals surface area contributed by atoms with Gasteiger partial charge in [0, 0.05) is 17.5 Å². The number of aromatic nitrogens is 5. The highest BCUT2D eigenvalue weighted by Gasteiger charge is 2.44. The van der Waals surface area contributed by atoms with E-state index in [2.05, 4.69) is 20.1 Å². The molecule has 130 valence electrons. The van der Waals surface area contributed by atoms with Crippen LogP contribution in [0.4, 0.5) is 17.6 Å². The second kappa shape index (κ2) is 6.58. The van der Waals surface area contributed by atoms with Crippen LogP contribution in [0.5, 0.6) is 0 Å². The molecule has 0 amide bonds. The van der Waals surface area contributed by atoms with Crippen LogP contribution in [0.3, 0.4) is 0 Å². The van der Waals surface area contributed by atoms with E-state index in [-0.39, 0.29) is 5.69 Å². The van der Waals surface area contributed by atoms with Gasteiger partial charge in [0.25, 0.3) is 0 Å². The number of alkyl halides is 1. The Balaban J connectivity index is 2.13. The normalized spacial score (nSPS) is 14.9. The molecule has 2 atom stereocenters. The van der Waals surface area contributed by atoms with Crippen LogP contribution in [0.1, 0.15) is 24.1 Å². The molecule has 0 aliphatic rings. The molecule has 0 fully saturated rings. The molecule has 0 spiro atoms. The maximum Gasteiger partial charge on any atom is 0.166 e. The second-order valence-corrected chi connectivity index (χ2v) is 5.56. The van der Waals surface area contributed by atoms with Crippen molar-refractivity contribution in [2.24, 2.45) is 0 Å². The quantitative estimate of drug-likeness (QED) is 0.663. The number of nitrogens with zero attached hydrogens (tertiary/aromatic N) is 5. The van der Waals surface area contributed by atoms with Crippen molar-refractivity contribution in [1.29, 1.82) is 0 Å². The molecule has 9 heteroatoms. The van der Waals surface area contributed by atoms with E-state index < -0.39 is 41.1 Å². The van der Waals surface area contributed by atoms with Crippen molar-refractivity contribution in [2.75, 3.05) is 0 Å². The van der Waals surface area contributed by atoms with Crippen molar-refractivity contribution in [1.82, 2.24) is 24.7 Å². The van der Waals surface area contributed by atoms with Gasteiger partial charge in [-0.15, -0.1) is 0 Å². The van der Waals surface area contributed by atoms with Crippen LogP contribution in [0.25, 0.3) is 0 Å². The third kappa shape index (κ3) is 3.21. The molecule has 0 radical (unpaired) electrons. The summed E-state index contributed by atoms with van der Waals surface area (Å²) in [6.45, 7) is 0.908. The molecule has 5 nitrogen and oxygen atoms in total. The van der Waals surface area contributed by atoms with Crippen LogP contribution < -0.4 is 0 Å². The fourth-order valence-electron chi connectivity index (χ4n) is 2.69. The minimum Gasteiger partial charge on any atom is -0.249 e. The van der Waals surface area contributed by atoms with E-state index in [9.17, 15) is 13.2 Å². The Morgan fingerprint density at radius 2 is 1.92 bits per heavy atom. The molecule has 3 aromatic rings. The smallest absolute Gasteiger partial charge is 0.166 e. The molecule has 2 heterocycles. The number of rotatable bonds is 5. The Labute approximate surface area is 140 Å². The van der Waals surface area contributed by atoms with Gasteiger partial charge in [0.1, 0.15) is 30.6 Å². The van der Waals surface area contributed by atoms with Gasteiger partial charge < -0.3 is 0 Å². The first-order valence-corrected chi connectivity index (χ1v) is 7.34. The third-order valence-corrected chi connectivity index (χ3v) is 4.03. The number of benzene rings is 1. The lowest BCUT2D eigenvalue weighted by Gasteiger charge is -2.32. The summed E-state index contributed by atoms with van der Waals surface area (Å²) in [6, 6.07) is 2.52. The van der Waals surface area contributed by atoms with Crippen LogP contribution in [0.15, 0.2) is 43.4 Å². The lowest BCUT2D eigenvalue weighted by Crippen LogP contribution is -2.35. The number of hydrogen-bond donors (Lipinski definition) is 0. The number of halogens is 4. The average molecular weight is 351 g/mol. The average Bonchev–Trinajstić information content (AvgIpc) is 3.07. The van der Waals surface area contributed by atoms with Crippen molar-refractivity contribution in [3.8, 4) is 0 Å². The molecule has 0 saturated carbocycles. The topological polar surface area (TPSA) is 56.5 Å². The van der Waals surface area contributed by atoms with Crippen LogP contribution in [0.2, 0.25) is 0 Å². The highest BCUT2D eigenvalue weighted by molar-refractivity contribution is 5.30. The zero-order chi connectivity index (χ0) is 18.0. The van der Waals surface area contributed by atoms with Gasteiger partial charge in [-0.05, 0) is 12.1 Å². The minimum atomic E-state index is -2.46. The van der Waals surface area contributed by atoms with E-state index in [0.29, 0.717) is 6.07 Å². The lowest BCUT2D eigenvalue weighted by molar-refractivity contribution is 0.0906. The first-order chi connectivity index (χ1) is 11.9.